The van der Waals surface area contributed by atoms with Gasteiger partial charge in [0.2, 0.25) is 0 Å². The maximum absolute atomic E-state index is 5.82. The van der Waals surface area contributed by atoms with Crippen molar-refractivity contribution >= 4 is 11.4 Å². The van der Waals surface area contributed by atoms with Gasteiger partial charge in [-0.15, -0.1) is 0 Å². The normalized spacial score (nSPS) is 17.9. The first-order valence-corrected chi connectivity index (χ1v) is 5.93. The quantitative estimate of drug-likeness (QED) is 0.801. The Morgan fingerprint density at radius 3 is 2.81 bits per heavy atom. The van der Waals surface area contributed by atoms with Gasteiger partial charge in [0.25, 0.3) is 0 Å². The van der Waals surface area contributed by atoms with Crippen LogP contribution in [0.4, 0.5) is 11.4 Å². The van der Waals surface area contributed by atoms with Crippen LogP contribution < -0.4 is 16.0 Å². The Morgan fingerprint density at radius 1 is 1.44 bits per heavy atom. The number of hydrogen-bond donors (Lipinski definition) is 2. The lowest BCUT2D eigenvalue weighted by Crippen LogP contribution is -2.52. The number of nitrogens with zero attached hydrogens (tertiary/aromatic N) is 1. The molecular formula is C13H21N3. The molecule has 1 aromatic carbocycles. The Labute approximate surface area is 97.6 Å². The molecule has 0 spiro atoms. The van der Waals surface area contributed by atoms with E-state index in [0.29, 0.717) is 6.54 Å². The zero-order valence-corrected chi connectivity index (χ0v) is 10.4. The van der Waals surface area contributed by atoms with Crippen LogP contribution in [0.25, 0.3) is 0 Å². The summed E-state index contributed by atoms with van der Waals surface area (Å²) in [6.07, 6.45) is 0. The van der Waals surface area contributed by atoms with Crippen molar-refractivity contribution in [3.63, 3.8) is 0 Å². The number of hydrogen-bond acceptors (Lipinski definition) is 3. The highest BCUT2D eigenvalue weighted by Gasteiger charge is 2.32. The lowest BCUT2D eigenvalue weighted by molar-refractivity contribution is 0.479. The Bertz CT molecular complexity index is 371. The number of para-hydroxylation sites is 1. The molecule has 0 fully saturated rings. The van der Waals surface area contributed by atoms with Crippen LogP contribution in [0.1, 0.15) is 26.3 Å². The molecule has 0 saturated carbocycles. The van der Waals surface area contributed by atoms with Crippen LogP contribution in [0.2, 0.25) is 0 Å². The van der Waals surface area contributed by atoms with Crippen LogP contribution in [0.3, 0.4) is 0 Å². The van der Waals surface area contributed by atoms with Gasteiger partial charge in [-0.25, -0.2) is 0 Å². The van der Waals surface area contributed by atoms with E-state index in [1.165, 1.54) is 16.9 Å². The molecule has 0 bridgehead atoms. The summed E-state index contributed by atoms with van der Waals surface area (Å²) < 4.78 is 0. The van der Waals surface area contributed by atoms with Crippen LogP contribution in [0.15, 0.2) is 18.2 Å². The lowest BCUT2D eigenvalue weighted by Gasteiger charge is -2.46. The van der Waals surface area contributed by atoms with E-state index in [1.807, 2.05) is 0 Å². The second-order valence-corrected chi connectivity index (χ2v) is 4.93. The third kappa shape index (κ3) is 1.65. The SMILES string of the molecule is CCN1c2c(CN)cccc2NCC1(C)C. The molecule has 88 valence electrons. The summed E-state index contributed by atoms with van der Waals surface area (Å²) in [5.41, 5.74) is 9.69. The number of anilines is 2. The molecule has 0 amide bonds. The minimum atomic E-state index is 0.146. The lowest BCUT2D eigenvalue weighted by atomic mass is 9.95. The van der Waals surface area contributed by atoms with Gasteiger partial charge in [0, 0.05) is 19.6 Å². The van der Waals surface area contributed by atoms with Crippen molar-refractivity contribution in [2.75, 3.05) is 23.3 Å². The molecule has 3 heteroatoms. The Morgan fingerprint density at radius 2 is 2.19 bits per heavy atom. The summed E-state index contributed by atoms with van der Waals surface area (Å²) in [5, 5.41) is 3.49. The number of fused-ring (bicyclic) bond motifs is 1. The van der Waals surface area contributed by atoms with Crippen LogP contribution in [-0.2, 0) is 6.54 Å². The Balaban J connectivity index is 2.54. The van der Waals surface area contributed by atoms with Gasteiger partial charge in [0.1, 0.15) is 0 Å². The van der Waals surface area contributed by atoms with Crippen molar-refractivity contribution in [2.45, 2.75) is 32.9 Å². The second-order valence-electron chi connectivity index (χ2n) is 4.93. The van der Waals surface area contributed by atoms with Gasteiger partial charge in [-0.05, 0) is 32.4 Å². The topological polar surface area (TPSA) is 41.3 Å². The van der Waals surface area contributed by atoms with Gasteiger partial charge in [-0.2, -0.15) is 0 Å². The predicted octanol–water partition coefficient (Wildman–Crippen LogP) is 2.18. The van der Waals surface area contributed by atoms with Crippen molar-refractivity contribution in [1.29, 1.82) is 0 Å². The van der Waals surface area contributed by atoms with E-state index in [-0.39, 0.29) is 5.54 Å². The second kappa shape index (κ2) is 3.98. The highest BCUT2D eigenvalue weighted by molar-refractivity contribution is 5.77. The summed E-state index contributed by atoms with van der Waals surface area (Å²) in [6.45, 7) is 9.31. The first kappa shape index (κ1) is 11.3. The standard InChI is InChI=1S/C13H21N3/c1-4-16-12-10(8-14)6-5-7-11(12)15-9-13(16,2)3/h5-7,15H,4,8-9,14H2,1-3H3. The molecule has 1 heterocycles. The average molecular weight is 219 g/mol. The molecule has 1 aliphatic rings. The van der Waals surface area contributed by atoms with E-state index >= 15 is 0 Å². The molecule has 0 radical (unpaired) electrons. The molecule has 0 saturated heterocycles. The third-order valence-electron chi connectivity index (χ3n) is 3.37. The monoisotopic (exact) mass is 219 g/mol. The number of likely N-dealkylation sites (N-methyl/N-ethyl adjacent to an activating group) is 1. The molecule has 3 nitrogen and oxygen atoms in total. The van der Waals surface area contributed by atoms with Crippen molar-refractivity contribution in [3.8, 4) is 0 Å². The fraction of sp³-hybridized carbons (Fsp3) is 0.538. The highest BCUT2D eigenvalue weighted by atomic mass is 15.3. The number of benzene rings is 1. The number of nitrogens with two attached hydrogens (primary N) is 1. The van der Waals surface area contributed by atoms with E-state index in [2.05, 4.69) is 49.2 Å². The van der Waals surface area contributed by atoms with E-state index in [9.17, 15) is 0 Å². The summed E-state index contributed by atoms with van der Waals surface area (Å²) in [7, 11) is 0. The Kier molecular flexibility index (Phi) is 2.80. The fourth-order valence-electron chi connectivity index (χ4n) is 2.51. The molecule has 3 N–H and O–H groups in total. The zero-order chi connectivity index (χ0) is 11.8. The van der Waals surface area contributed by atoms with Gasteiger partial charge >= 0.3 is 0 Å². The first-order valence-electron chi connectivity index (χ1n) is 5.93. The van der Waals surface area contributed by atoms with E-state index in [4.69, 9.17) is 5.73 Å². The Hall–Kier alpha value is -1.22. The van der Waals surface area contributed by atoms with Gasteiger partial charge in [0.05, 0.1) is 16.9 Å². The van der Waals surface area contributed by atoms with Crippen LogP contribution in [0.5, 0.6) is 0 Å². The third-order valence-corrected chi connectivity index (χ3v) is 3.37. The van der Waals surface area contributed by atoms with Gasteiger partial charge in [-0.1, -0.05) is 12.1 Å². The molecular weight excluding hydrogens is 198 g/mol. The van der Waals surface area contributed by atoms with Crippen molar-refractivity contribution < 1.29 is 0 Å². The molecule has 2 rings (SSSR count). The molecule has 1 aliphatic heterocycles. The summed E-state index contributed by atoms with van der Waals surface area (Å²) in [6, 6.07) is 6.32. The van der Waals surface area contributed by atoms with Crippen molar-refractivity contribution in [1.82, 2.24) is 0 Å². The van der Waals surface area contributed by atoms with Gasteiger partial charge in [-0.3, -0.25) is 0 Å². The van der Waals surface area contributed by atoms with E-state index in [0.717, 1.165) is 13.1 Å². The van der Waals surface area contributed by atoms with E-state index in [1.54, 1.807) is 0 Å². The molecule has 16 heavy (non-hydrogen) atoms. The van der Waals surface area contributed by atoms with Crippen molar-refractivity contribution in [2.24, 2.45) is 5.73 Å². The highest BCUT2D eigenvalue weighted by Crippen LogP contribution is 2.38. The smallest absolute Gasteiger partial charge is 0.0652 e. The summed E-state index contributed by atoms with van der Waals surface area (Å²) in [4.78, 5) is 2.45. The maximum Gasteiger partial charge on any atom is 0.0652 e. The molecule has 0 atom stereocenters. The average Bonchev–Trinajstić information content (AvgIpc) is 2.27. The molecule has 0 unspecified atom stereocenters. The van der Waals surface area contributed by atoms with Crippen LogP contribution in [-0.4, -0.2) is 18.6 Å². The summed E-state index contributed by atoms with van der Waals surface area (Å²) in [5.74, 6) is 0. The number of nitrogens with one attached hydrogen (secondary N) is 1. The molecule has 0 aromatic heterocycles. The molecule has 0 aliphatic carbocycles. The minimum Gasteiger partial charge on any atom is -0.381 e. The van der Waals surface area contributed by atoms with Crippen LogP contribution in [0, 0.1) is 0 Å². The zero-order valence-electron chi connectivity index (χ0n) is 10.4. The maximum atomic E-state index is 5.82. The van der Waals surface area contributed by atoms with Crippen molar-refractivity contribution in [3.05, 3.63) is 23.8 Å². The molecule has 1 aromatic rings. The first-order chi connectivity index (χ1) is 7.60. The largest absolute Gasteiger partial charge is 0.381 e. The van der Waals surface area contributed by atoms with Crippen LogP contribution >= 0.6 is 0 Å². The summed E-state index contributed by atoms with van der Waals surface area (Å²) >= 11 is 0. The van der Waals surface area contributed by atoms with Gasteiger partial charge < -0.3 is 16.0 Å². The number of rotatable bonds is 2. The van der Waals surface area contributed by atoms with E-state index < -0.39 is 0 Å². The predicted molar refractivity (Wildman–Crippen MR) is 69.9 cm³/mol. The fourth-order valence-corrected chi connectivity index (χ4v) is 2.51. The van der Waals surface area contributed by atoms with Gasteiger partial charge in [0.15, 0.2) is 0 Å². The minimum absolute atomic E-state index is 0.146.